The van der Waals surface area contributed by atoms with Gasteiger partial charge in [0.25, 0.3) is 0 Å². The SMILES string of the molecule is CC.Cc1ncc(Br)cc1Cl. The molecule has 62 valence electrons. The summed E-state index contributed by atoms with van der Waals surface area (Å²) in [5, 5.41) is 0.698. The molecule has 0 aliphatic heterocycles. The van der Waals surface area contributed by atoms with E-state index in [0.29, 0.717) is 5.02 Å². The summed E-state index contributed by atoms with van der Waals surface area (Å²) in [7, 11) is 0. The topological polar surface area (TPSA) is 12.9 Å². The summed E-state index contributed by atoms with van der Waals surface area (Å²) in [6.07, 6.45) is 1.72. The van der Waals surface area contributed by atoms with Gasteiger partial charge < -0.3 is 0 Å². The highest BCUT2D eigenvalue weighted by Crippen LogP contribution is 2.17. The highest BCUT2D eigenvalue weighted by Gasteiger charge is 1.94. The van der Waals surface area contributed by atoms with E-state index in [1.807, 2.05) is 26.8 Å². The molecule has 0 spiro atoms. The molecule has 3 heteroatoms. The maximum Gasteiger partial charge on any atom is 0.0629 e. The third kappa shape index (κ3) is 3.73. The van der Waals surface area contributed by atoms with Crippen molar-refractivity contribution in [1.29, 1.82) is 0 Å². The molecule has 11 heavy (non-hydrogen) atoms. The fraction of sp³-hybridized carbons (Fsp3) is 0.375. The molecule has 1 heterocycles. The molecule has 0 aliphatic rings. The predicted octanol–water partition coefficient (Wildman–Crippen LogP) is 3.83. The van der Waals surface area contributed by atoms with Crippen LogP contribution in [0.3, 0.4) is 0 Å². The number of halogens is 2. The van der Waals surface area contributed by atoms with Crippen LogP contribution in [0.2, 0.25) is 5.02 Å². The number of pyridine rings is 1. The van der Waals surface area contributed by atoms with Crippen LogP contribution >= 0.6 is 27.5 Å². The smallest absolute Gasteiger partial charge is 0.0629 e. The average Bonchev–Trinajstić information content (AvgIpc) is 2.02. The lowest BCUT2D eigenvalue weighted by atomic mass is 10.4. The summed E-state index contributed by atoms with van der Waals surface area (Å²) < 4.78 is 0.915. The van der Waals surface area contributed by atoms with Crippen LogP contribution < -0.4 is 0 Å². The van der Waals surface area contributed by atoms with Gasteiger partial charge in [0.05, 0.1) is 10.7 Å². The second-order valence-electron chi connectivity index (χ2n) is 1.72. The molecule has 0 amide bonds. The van der Waals surface area contributed by atoms with Gasteiger partial charge in [0.15, 0.2) is 0 Å². The highest BCUT2D eigenvalue weighted by atomic mass is 79.9. The molecule has 0 atom stereocenters. The maximum atomic E-state index is 5.72. The first-order valence-electron chi connectivity index (χ1n) is 3.48. The van der Waals surface area contributed by atoms with Crippen LogP contribution in [0.5, 0.6) is 0 Å². The summed E-state index contributed by atoms with van der Waals surface area (Å²) in [6, 6.07) is 1.82. The van der Waals surface area contributed by atoms with Gasteiger partial charge >= 0.3 is 0 Å². The van der Waals surface area contributed by atoms with Gasteiger partial charge in [-0.3, -0.25) is 4.98 Å². The Morgan fingerprint density at radius 1 is 1.45 bits per heavy atom. The van der Waals surface area contributed by atoms with E-state index in [0.717, 1.165) is 10.2 Å². The standard InChI is InChI=1S/C6H5BrClN.C2H6/c1-4-6(8)2-5(7)3-9-4;1-2/h2-3H,1H3;1-2H3. The molecule has 0 aromatic carbocycles. The molecule has 1 rings (SSSR count). The largest absolute Gasteiger partial charge is 0.259 e. The second kappa shape index (κ2) is 5.56. The van der Waals surface area contributed by atoms with Crippen molar-refractivity contribution in [1.82, 2.24) is 4.98 Å². The van der Waals surface area contributed by atoms with Crippen LogP contribution in [0.25, 0.3) is 0 Å². The predicted molar refractivity (Wildman–Crippen MR) is 53.0 cm³/mol. The fourth-order valence-electron chi connectivity index (χ4n) is 0.483. The van der Waals surface area contributed by atoms with Crippen LogP contribution in [0.15, 0.2) is 16.7 Å². The molecule has 1 aromatic heterocycles. The summed E-state index contributed by atoms with van der Waals surface area (Å²) >= 11 is 8.97. The Balaban J connectivity index is 0.000000461. The van der Waals surface area contributed by atoms with Crippen molar-refractivity contribution < 1.29 is 0 Å². The van der Waals surface area contributed by atoms with Crippen molar-refractivity contribution in [2.75, 3.05) is 0 Å². The van der Waals surface area contributed by atoms with Crippen LogP contribution in [-0.4, -0.2) is 4.98 Å². The molecule has 1 nitrogen and oxygen atoms in total. The highest BCUT2D eigenvalue weighted by molar-refractivity contribution is 9.10. The van der Waals surface area contributed by atoms with Gasteiger partial charge in [-0.05, 0) is 28.9 Å². The summed E-state index contributed by atoms with van der Waals surface area (Å²) in [5.41, 5.74) is 0.861. The Morgan fingerprint density at radius 3 is 2.36 bits per heavy atom. The molecule has 1 aromatic rings. The number of aryl methyl sites for hydroxylation is 1. The molecule has 0 radical (unpaired) electrons. The molecular weight excluding hydrogens is 225 g/mol. The fourth-order valence-corrected chi connectivity index (χ4v) is 1.11. The second-order valence-corrected chi connectivity index (χ2v) is 3.04. The van der Waals surface area contributed by atoms with E-state index in [2.05, 4.69) is 20.9 Å². The number of rotatable bonds is 0. The Hall–Kier alpha value is -0.0800. The van der Waals surface area contributed by atoms with Crippen LogP contribution in [0, 0.1) is 6.92 Å². The first-order chi connectivity index (χ1) is 5.20. The molecule has 0 saturated heterocycles. The van der Waals surface area contributed by atoms with Gasteiger partial charge in [-0.2, -0.15) is 0 Å². The lowest BCUT2D eigenvalue weighted by Gasteiger charge is -1.94. The minimum Gasteiger partial charge on any atom is -0.259 e. The average molecular weight is 237 g/mol. The molecule has 0 saturated carbocycles. The Labute approximate surface area is 80.9 Å². The van der Waals surface area contributed by atoms with E-state index in [1.54, 1.807) is 6.20 Å². The zero-order valence-electron chi connectivity index (χ0n) is 6.86. The van der Waals surface area contributed by atoms with Gasteiger partial charge in [-0.15, -0.1) is 0 Å². The molecule has 0 unspecified atom stereocenters. The Morgan fingerprint density at radius 2 is 2.00 bits per heavy atom. The van der Waals surface area contributed by atoms with Gasteiger partial charge in [-0.1, -0.05) is 25.4 Å². The van der Waals surface area contributed by atoms with Crippen molar-refractivity contribution in [2.24, 2.45) is 0 Å². The quantitative estimate of drug-likeness (QED) is 0.667. The zero-order valence-corrected chi connectivity index (χ0v) is 9.20. The first-order valence-corrected chi connectivity index (χ1v) is 4.65. The lowest BCUT2D eigenvalue weighted by Crippen LogP contribution is -1.79. The maximum absolute atomic E-state index is 5.72. The monoisotopic (exact) mass is 235 g/mol. The third-order valence-corrected chi connectivity index (χ3v) is 1.81. The number of hydrogen-bond donors (Lipinski definition) is 0. The first kappa shape index (κ1) is 10.9. The van der Waals surface area contributed by atoms with Gasteiger partial charge in [0.1, 0.15) is 0 Å². The zero-order chi connectivity index (χ0) is 8.85. The van der Waals surface area contributed by atoms with Crippen LogP contribution in [-0.2, 0) is 0 Å². The molecule has 0 N–H and O–H groups in total. The van der Waals surface area contributed by atoms with Crippen molar-refractivity contribution in [2.45, 2.75) is 20.8 Å². The van der Waals surface area contributed by atoms with Gasteiger partial charge in [0.2, 0.25) is 0 Å². The van der Waals surface area contributed by atoms with Crippen LogP contribution in [0.1, 0.15) is 19.5 Å². The van der Waals surface area contributed by atoms with E-state index in [1.165, 1.54) is 0 Å². The summed E-state index contributed by atoms with van der Waals surface area (Å²) in [4.78, 5) is 4.00. The Kier molecular flexibility index (Phi) is 5.51. The van der Waals surface area contributed by atoms with E-state index in [4.69, 9.17) is 11.6 Å². The van der Waals surface area contributed by atoms with Crippen LogP contribution in [0.4, 0.5) is 0 Å². The summed E-state index contributed by atoms with van der Waals surface area (Å²) in [5.74, 6) is 0. The molecule has 0 fully saturated rings. The molecular formula is C8H11BrClN. The van der Waals surface area contributed by atoms with E-state index < -0.39 is 0 Å². The van der Waals surface area contributed by atoms with E-state index in [9.17, 15) is 0 Å². The van der Waals surface area contributed by atoms with Gasteiger partial charge in [-0.25, -0.2) is 0 Å². The summed E-state index contributed by atoms with van der Waals surface area (Å²) in [6.45, 7) is 5.87. The minimum atomic E-state index is 0.698. The number of nitrogens with zero attached hydrogens (tertiary/aromatic N) is 1. The van der Waals surface area contributed by atoms with E-state index >= 15 is 0 Å². The van der Waals surface area contributed by atoms with Crippen molar-refractivity contribution >= 4 is 27.5 Å². The number of hydrogen-bond acceptors (Lipinski definition) is 1. The Bertz CT molecular complexity index is 225. The van der Waals surface area contributed by atoms with E-state index in [-0.39, 0.29) is 0 Å². The van der Waals surface area contributed by atoms with Crippen molar-refractivity contribution in [3.8, 4) is 0 Å². The van der Waals surface area contributed by atoms with Crippen molar-refractivity contribution in [3.05, 3.63) is 27.5 Å². The minimum absolute atomic E-state index is 0.698. The number of aromatic nitrogens is 1. The lowest BCUT2D eigenvalue weighted by molar-refractivity contribution is 1.19. The third-order valence-electron chi connectivity index (χ3n) is 0.992. The molecule has 0 aliphatic carbocycles. The normalized spacial score (nSPS) is 8.45. The van der Waals surface area contributed by atoms with Gasteiger partial charge in [0, 0.05) is 10.7 Å². The van der Waals surface area contributed by atoms with Crippen molar-refractivity contribution in [3.63, 3.8) is 0 Å². The molecule has 0 bridgehead atoms.